The van der Waals surface area contributed by atoms with E-state index in [1.165, 1.54) is 25.8 Å². The van der Waals surface area contributed by atoms with Crippen molar-refractivity contribution in [3.8, 4) is 5.75 Å². The molecule has 0 aliphatic heterocycles. The highest BCUT2D eigenvalue weighted by atomic mass is 32.2. The third-order valence-electron chi connectivity index (χ3n) is 4.89. The molecule has 33 heavy (non-hydrogen) atoms. The van der Waals surface area contributed by atoms with Crippen LogP contribution >= 0.6 is 11.8 Å². The van der Waals surface area contributed by atoms with Gasteiger partial charge in [0.1, 0.15) is 5.75 Å². The fraction of sp³-hybridized carbons (Fsp3) is 0.250. The minimum Gasteiger partial charge on any atom is -0.495 e. The van der Waals surface area contributed by atoms with Crippen LogP contribution in [0.15, 0.2) is 58.5 Å². The average Bonchev–Trinajstić information content (AvgIpc) is 2.76. The summed E-state index contributed by atoms with van der Waals surface area (Å²) >= 11 is 1.45. The number of carbonyl (C=O) groups excluding carboxylic acids is 2. The van der Waals surface area contributed by atoms with Crippen molar-refractivity contribution in [3.05, 3.63) is 75.7 Å². The van der Waals surface area contributed by atoms with Gasteiger partial charge in [0.2, 0.25) is 11.8 Å². The number of thioether (sulfide) groups is 1. The van der Waals surface area contributed by atoms with Crippen molar-refractivity contribution in [2.45, 2.75) is 37.6 Å². The predicted molar refractivity (Wildman–Crippen MR) is 130 cm³/mol. The van der Waals surface area contributed by atoms with Crippen LogP contribution in [0.25, 0.3) is 0 Å². The zero-order chi connectivity index (χ0) is 24.0. The molecule has 1 aromatic heterocycles. The lowest BCUT2D eigenvalue weighted by Crippen LogP contribution is -2.24. The number of nitrogens with zero attached hydrogens (tertiary/aromatic N) is 1. The van der Waals surface area contributed by atoms with Crippen LogP contribution in [0.3, 0.4) is 0 Å². The van der Waals surface area contributed by atoms with E-state index in [0.717, 1.165) is 5.56 Å². The van der Waals surface area contributed by atoms with Crippen molar-refractivity contribution in [2.75, 3.05) is 17.7 Å². The second-order valence-corrected chi connectivity index (χ2v) is 8.76. The highest BCUT2D eigenvalue weighted by molar-refractivity contribution is 7.99. The van der Waals surface area contributed by atoms with Crippen LogP contribution in [0.1, 0.15) is 35.9 Å². The summed E-state index contributed by atoms with van der Waals surface area (Å²) in [5.41, 5.74) is 2.47. The number of rotatable bonds is 8. The Labute approximate surface area is 196 Å². The van der Waals surface area contributed by atoms with E-state index in [4.69, 9.17) is 4.74 Å². The number of aromatic amines is 1. The van der Waals surface area contributed by atoms with Gasteiger partial charge in [-0.2, -0.15) is 0 Å². The Morgan fingerprint density at radius 1 is 1.15 bits per heavy atom. The molecule has 8 nitrogen and oxygen atoms in total. The SMILES string of the molecule is COc1ccc(NC(C)=O)cc1NC(=O)Cc1c(C)nc(SC(C)c2ccccc2)[nH]c1=O. The number of aryl methyl sites for hydroxylation is 1. The fourth-order valence-corrected chi connectivity index (χ4v) is 4.22. The van der Waals surface area contributed by atoms with Gasteiger partial charge in [-0.15, -0.1) is 0 Å². The first-order valence-electron chi connectivity index (χ1n) is 10.3. The molecule has 2 amide bonds. The molecule has 3 N–H and O–H groups in total. The van der Waals surface area contributed by atoms with E-state index >= 15 is 0 Å². The second-order valence-electron chi connectivity index (χ2n) is 7.43. The molecule has 0 spiro atoms. The number of hydrogen-bond acceptors (Lipinski definition) is 6. The van der Waals surface area contributed by atoms with E-state index in [1.54, 1.807) is 25.1 Å². The summed E-state index contributed by atoms with van der Waals surface area (Å²) in [7, 11) is 1.48. The molecule has 0 bridgehead atoms. The first-order chi connectivity index (χ1) is 15.8. The summed E-state index contributed by atoms with van der Waals surface area (Å²) in [5.74, 6) is -0.199. The lowest BCUT2D eigenvalue weighted by atomic mass is 10.1. The topological polar surface area (TPSA) is 113 Å². The molecule has 2 aromatic carbocycles. The van der Waals surface area contributed by atoms with Gasteiger partial charge in [-0.05, 0) is 37.6 Å². The van der Waals surface area contributed by atoms with Crippen molar-refractivity contribution < 1.29 is 14.3 Å². The van der Waals surface area contributed by atoms with Crippen molar-refractivity contribution in [1.29, 1.82) is 0 Å². The zero-order valence-corrected chi connectivity index (χ0v) is 19.7. The number of methoxy groups -OCH3 is 1. The van der Waals surface area contributed by atoms with Crippen LogP contribution in [0.4, 0.5) is 11.4 Å². The Balaban J connectivity index is 1.74. The Bertz CT molecular complexity index is 1210. The maximum absolute atomic E-state index is 12.7. The minimum atomic E-state index is -0.401. The highest BCUT2D eigenvalue weighted by Gasteiger charge is 2.16. The standard InChI is InChI=1S/C24H26N4O4S/c1-14-19(23(31)28-24(25-14)33-15(2)17-8-6-5-7-9-17)13-22(30)27-20-12-18(26-16(3)29)10-11-21(20)32-4/h5-12,15H,13H2,1-4H3,(H,26,29)(H,27,30)(H,25,28,31). The normalized spacial score (nSPS) is 11.5. The van der Waals surface area contributed by atoms with Gasteiger partial charge in [-0.3, -0.25) is 14.4 Å². The number of hydrogen-bond donors (Lipinski definition) is 3. The molecule has 9 heteroatoms. The molecule has 0 aliphatic rings. The number of benzene rings is 2. The molecule has 1 heterocycles. The number of aromatic nitrogens is 2. The van der Waals surface area contributed by atoms with Crippen LogP contribution in [-0.2, 0) is 16.0 Å². The van der Waals surface area contributed by atoms with Crippen molar-refractivity contribution in [3.63, 3.8) is 0 Å². The van der Waals surface area contributed by atoms with E-state index < -0.39 is 5.91 Å². The van der Waals surface area contributed by atoms with Crippen LogP contribution < -0.4 is 20.9 Å². The zero-order valence-electron chi connectivity index (χ0n) is 18.9. The molecule has 0 fully saturated rings. The van der Waals surface area contributed by atoms with Crippen LogP contribution in [0.5, 0.6) is 5.75 Å². The lowest BCUT2D eigenvalue weighted by Gasteiger charge is -2.14. The molecule has 172 valence electrons. The Hall–Kier alpha value is -3.59. The lowest BCUT2D eigenvalue weighted by molar-refractivity contribution is -0.116. The predicted octanol–water partition coefficient (Wildman–Crippen LogP) is 4.08. The maximum Gasteiger partial charge on any atom is 0.255 e. The highest BCUT2D eigenvalue weighted by Crippen LogP contribution is 2.32. The number of carbonyl (C=O) groups is 2. The molecule has 3 rings (SSSR count). The van der Waals surface area contributed by atoms with Gasteiger partial charge in [0.25, 0.3) is 5.56 Å². The van der Waals surface area contributed by atoms with Gasteiger partial charge in [-0.1, -0.05) is 42.1 Å². The molecular formula is C24H26N4O4S. The number of H-pyrrole nitrogens is 1. The number of amides is 2. The Morgan fingerprint density at radius 2 is 1.88 bits per heavy atom. The van der Waals surface area contributed by atoms with Crippen LogP contribution in [0, 0.1) is 6.92 Å². The number of ether oxygens (including phenoxy) is 1. The average molecular weight is 467 g/mol. The summed E-state index contributed by atoms with van der Waals surface area (Å²) in [4.78, 5) is 44.0. The molecule has 0 saturated heterocycles. The molecule has 1 atom stereocenters. The molecule has 3 aromatic rings. The van der Waals surface area contributed by atoms with E-state index in [2.05, 4.69) is 20.6 Å². The summed E-state index contributed by atoms with van der Waals surface area (Å²) in [6.45, 7) is 5.15. The molecule has 0 aliphatic carbocycles. The molecule has 1 unspecified atom stereocenters. The maximum atomic E-state index is 12.7. The smallest absolute Gasteiger partial charge is 0.255 e. The first-order valence-corrected chi connectivity index (χ1v) is 11.2. The van der Waals surface area contributed by atoms with Crippen molar-refractivity contribution in [2.24, 2.45) is 0 Å². The monoisotopic (exact) mass is 466 g/mol. The summed E-state index contributed by atoms with van der Waals surface area (Å²) in [6.07, 6.45) is -0.152. The van der Waals surface area contributed by atoms with Gasteiger partial charge in [0.15, 0.2) is 5.16 Å². The van der Waals surface area contributed by atoms with E-state index in [9.17, 15) is 14.4 Å². The third-order valence-corrected chi connectivity index (χ3v) is 5.93. The van der Waals surface area contributed by atoms with Crippen LogP contribution in [-0.4, -0.2) is 28.9 Å². The first kappa shape index (κ1) is 24.1. The second kappa shape index (κ2) is 10.8. The summed E-state index contributed by atoms with van der Waals surface area (Å²) < 4.78 is 5.28. The van der Waals surface area contributed by atoms with E-state index in [1.807, 2.05) is 37.3 Å². The van der Waals surface area contributed by atoms with Gasteiger partial charge in [0.05, 0.1) is 19.2 Å². The molecule has 0 saturated carbocycles. The third kappa shape index (κ3) is 6.45. The Morgan fingerprint density at radius 3 is 2.52 bits per heavy atom. The summed E-state index contributed by atoms with van der Waals surface area (Å²) in [5, 5.41) is 6.01. The quantitative estimate of drug-likeness (QED) is 0.341. The molecule has 0 radical (unpaired) electrons. The van der Waals surface area contributed by atoms with E-state index in [0.29, 0.717) is 33.5 Å². The van der Waals surface area contributed by atoms with Gasteiger partial charge in [-0.25, -0.2) is 4.98 Å². The summed E-state index contributed by atoms with van der Waals surface area (Å²) in [6, 6.07) is 14.8. The van der Waals surface area contributed by atoms with Crippen molar-refractivity contribution in [1.82, 2.24) is 9.97 Å². The van der Waals surface area contributed by atoms with Gasteiger partial charge >= 0.3 is 0 Å². The van der Waals surface area contributed by atoms with Gasteiger partial charge in [0, 0.05) is 29.1 Å². The van der Waals surface area contributed by atoms with E-state index in [-0.39, 0.29) is 23.1 Å². The number of nitrogens with one attached hydrogen (secondary N) is 3. The minimum absolute atomic E-state index is 0.103. The fourth-order valence-electron chi connectivity index (χ4n) is 3.25. The van der Waals surface area contributed by atoms with Crippen molar-refractivity contribution >= 4 is 35.0 Å². The number of anilines is 2. The van der Waals surface area contributed by atoms with Gasteiger partial charge < -0.3 is 20.4 Å². The van der Waals surface area contributed by atoms with Crippen LogP contribution in [0.2, 0.25) is 0 Å². The molecular weight excluding hydrogens is 440 g/mol. The largest absolute Gasteiger partial charge is 0.495 e. The Kier molecular flexibility index (Phi) is 7.89.